The van der Waals surface area contributed by atoms with Gasteiger partial charge in [0.1, 0.15) is 0 Å². The van der Waals surface area contributed by atoms with E-state index in [4.69, 9.17) is 9.84 Å². The molecule has 3 fully saturated rings. The van der Waals surface area contributed by atoms with Gasteiger partial charge in [-0.2, -0.15) is 0 Å². The molecule has 3 rings (SSSR count). The molecule has 1 aliphatic heterocycles. The second-order valence-corrected chi connectivity index (χ2v) is 6.39. The van der Waals surface area contributed by atoms with Gasteiger partial charge in [-0.1, -0.05) is 32.1 Å². The van der Waals surface area contributed by atoms with Crippen molar-refractivity contribution in [1.82, 2.24) is 4.90 Å². The van der Waals surface area contributed by atoms with E-state index in [-0.39, 0.29) is 18.4 Å². The summed E-state index contributed by atoms with van der Waals surface area (Å²) < 4.78 is 5.17. The van der Waals surface area contributed by atoms with Crippen molar-refractivity contribution in [2.24, 2.45) is 17.8 Å². The molecule has 0 aromatic carbocycles. The van der Waals surface area contributed by atoms with Crippen LogP contribution in [0.15, 0.2) is 0 Å². The molecule has 0 aromatic heterocycles. The van der Waals surface area contributed by atoms with E-state index in [9.17, 15) is 9.59 Å². The van der Waals surface area contributed by atoms with Gasteiger partial charge < -0.3 is 14.7 Å². The fourth-order valence-electron chi connectivity index (χ4n) is 3.82. The lowest BCUT2D eigenvalue weighted by atomic mass is 9.85. The highest BCUT2D eigenvalue weighted by Crippen LogP contribution is 2.50. The fraction of sp³-hybridized carbons (Fsp3) is 0.867. The fourth-order valence-corrected chi connectivity index (χ4v) is 3.82. The maximum Gasteiger partial charge on any atom is 0.334 e. The molecule has 0 aromatic rings. The third kappa shape index (κ3) is 2.82. The van der Waals surface area contributed by atoms with Crippen LogP contribution in [-0.4, -0.2) is 47.7 Å². The van der Waals surface area contributed by atoms with E-state index in [0.717, 1.165) is 12.3 Å². The smallest absolute Gasteiger partial charge is 0.334 e. The molecule has 1 amide bonds. The maximum atomic E-state index is 12.5. The summed E-state index contributed by atoms with van der Waals surface area (Å²) in [4.78, 5) is 25.1. The molecule has 1 N–H and O–H groups in total. The van der Waals surface area contributed by atoms with Gasteiger partial charge in [-0.3, -0.25) is 4.79 Å². The number of carboxylic acids is 1. The first-order valence-corrected chi connectivity index (χ1v) is 7.80. The highest BCUT2D eigenvalue weighted by atomic mass is 16.5. The van der Waals surface area contributed by atoms with Gasteiger partial charge >= 0.3 is 5.97 Å². The van der Waals surface area contributed by atoms with Crippen LogP contribution >= 0.6 is 0 Å². The lowest BCUT2D eigenvalue weighted by molar-refractivity contribution is -0.159. The second-order valence-electron chi connectivity index (χ2n) is 6.39. The van der Waals surface area contributed by atoms with E-state index < -0.39 is 12.1 Å². The number of rotatable bonds is 3. The molecule has 5 nitrogen and oxygen atoms in total. The van der Waals surface area contributed by atoms with E-state index in [1.54, 1.807) is 4.90 Å². The van der Waals surface area contributed by atoms with Gasteiger partial charge in [0.25, 0.3) is 0 Å². The number of carboxylic acid groups (broad SMARTS) is 1. The van der Waals surface area contributed by atoms with Crippen molar-refractivity contribution < 1.29 is 19.4 Å². The van der Waals surface area contributed by atoms with Crippen LogP contribution in [0.4, 0.5) is 0 Å². The number of ether oxygens (including phenoxy) is 1. The first-order chi connectivity index (χ1) is 9.66. The van der Waals surface area contributed by atoms with Crippen LogP contribution in [0, 0.1) is 17.8 Å². The number of carbonyl (C=O) groups is 2. The number of hydrogen-bond donors (Lipinski definition) is 1. The predicted molar refractivity (Wildman–Crippen MR) is 72.1 cm³/mol. The summed E-state index contributed by atoms with van der Waals surface area (Å²) in [6, 6.07) is 0. The average Bonchev–Trinajstić information content (AvgIpc) is 3.28. The van der Waals surface area contributed by atoms with Crippen molar-refractivity contribution in [3.8, 4) is 0 Å². The summed E-state index contributed by atoms with van der Waals surface area (Å²) in [5.74, 6) is 0.644. The number of nitrogens with zero attached hydrogens (tertiary/aromatic N) is 1. The highest BCUT2D eigenvalue weighted by Gasteiger charge is 2.49. The quantitative estimate of drug-likeness (QED) is 0.851. The van der Waals surface area contributed by atoms with Crippen molar-refractivity contribution in [1.29, 1.82) is 0 Å². The van der Waals surface area contributed by atoms with Gasteiger partial charge in [-0.15, -0.1) is 0 Å². The van der Waals surface area contributed by atoms with E-state index in [2.05, 4.69) is 0 Å². The first kappa shape index (κ1) is 13.9. The topological polar surface area (TPSA) is 66.8 Å². The molecule has 3 atom stereocenters. The van der Waals surface area contributed by atoms with Gasteiger partial charge in [-0.05, 0) is 18.3 Å². The summed E-state index contributed by atoms with van der Waals surface area (Å²) in [5, 5.41) is 8.98. The normalized spacial score (nSPS) is 34.8. The van der Waals surface area contributed by atoms with Crippen LogP contribution < -0.4 is 0 Å². The Balaban J connectivity index is 1.53. The van der Waals surface area contributed by atoms with Crippen LogP contribution in [0.3, 0.4) is 0 Å². The first-order valence-electron chi connectivity index (χ1n) is 7.80. The van der Waals surface area contributed by atoms with Crippen molar-refractivity contribution in [2.75, 3.05) is 19.7 Å². The van der Waals surface area contributed by atoms with Gasteiger partial charge in [0, 0.05) is 12.5 Å². The van der Waals surface area contributed by atoms with Gasteiger partial charge in [-0.25, -0.2) is 4.79 Å². The molecule has 0 spiro atoms. The van der Waals surface area contributed by atoms with E-state index in [1.807, 2.05) is 0 Å². The standard InChI is InChI=1S/C15H23NO4/c17-14(16-6-7-20-13(9-16)15(18)19)12-8-11(12)10-4-2-1-3-5-10/h10-13H,1-9H2,(H,18,19)/t11-,12-,13+/m1/s1. The van der Waals surface area contributed by atoms with Crippen molar-refractivity contribution >= 4 is 11.9 Å². The number of aliphatic carboxylic acids is 1. The maximum absolute atomic E-state index is 12.5. The lowest BCUT2D eigenvalue weighted by Crippen LogP contribution is -2.49. The van der Waals surface area contributed by atoms with Gasteiger partial charge in [0.05, 0.1) is 13.2 Å². The summed E-state index contributed by atoms with van der Waals surface area (Å²) in [6.45, 7) is 1.09. The van der Waals surface area contributed by atoms with Gasteiger partial charge in [0.15, 0.2) is 6.10 Å². The molecule has 2 saturated carbocycles. The minimum Gasteiger partial charge on any atom is -0.479 e. The van der Waals surface area contributed by atoms with Crippen molar-refractivity contribution in [3.63, 3.8) is 0 Å². The second kappa shape index (κ2) is 5.72. The van der Waals surface area contributed by atoms with Crippen LogP contribution in [-0.2, 0) is 14.3 Å². The molecular formula is C15H23NO4. The Hall–Kier alpha value is -1.10. The zero-order chi connectivity index (χ0) is 14.1. The third-order valence-electron chi connectivity index (χ3n) is 5.07. The predicted octanol–water partition coefficient (Wildman–Crippen LogP) is 1.51. The third-order valence-corrected chi connectivity index (χ3v) is 5.07. The van der Waals surface area contributed by atoms with Gasteiger partial charge in [0.2, 0.25) is 5.91 Å². The molecule has 2 aliphatic carbocycles. The SMILES string of the molecule is O=C(O)[C@@H]1CN(C(=O)[C@@H]2C[C@@H]2C2CCCCC2)CCO1. The minimum absolute atomic E-state index is 0.158. The molecule has 3 aliphatic rings. The molecule has 0 radical (unpaired) electrons. The summed E-state index contributed by atoms with van der Waals surface area (Å²) >= 11 is 0. The summed E-state index contributed by atoms with van der Waals surface area (Å²) in [7, 11) is 0. The number of hydrogen-bond acceptors (Lipinski definition) is 3. The van der Waals surface area contributed by atoms with E-state index >= 15 is 0 Å². The largest absolute Gasteiger partial charge is 0.479 e. The number of carbonyl (C=O) groups excluding carboxylic acids is 1. The Kier molecular flexibility index (Phi) is 3.96. The molecular weight excluding hydrogens is 258 g/mol. The Morgan fingerprint density at radius 1 is 1.15 bits per heavy atom. The van der Waals surface area contributed by atoms with Crippen LogP contribution in [0.5, 0.6) is 0 Å². The Morgan fingerprint density at radius 3 is 2.60 bits per heavy atom. The lowest BCUT2D eigenvalue weighted by Gasteiger charge is -2.31. The zero-order valence-corrected chi connectivity index (χ0v) is 11.8. The molecule has 20 heavy (non-hydrogen) atoms. The number of morpholine rings is 1. The zero-order valence-electron chi connectivity index (χ0n) is 11.8. The Morgan fingerprint density at radius 2 is 1.90 bits per heavy atom. The van der Waals surface area contributed by atoms with Crippen molar-refractivity contribution in [3.05, 3.63) is 0 Å². The van der Waals surface area contributed by atoms with E-state index in [1.165, 1.54) is 32.1 Å². The van der Waals surface area contributed by atoms with Crippen molar-refractivity contribution in [2.45, 2.75) is 44.6 Å². The summed E-state index contributed by atoms with van der Waals surface area (Å²) in [6.07, 6.45) is 6.66. The Bertz CT molecular complexity index is 391. The van der Waals surface area contributed by atoms with Crippen LogP contribution in [0.1, 0.15) is 38.5 Å². The highest BCUT2D eigenvalue weighted by molar-refractivity contribution is 5.83. The van der Waals surface area contributed by atoms with E-state index in [0.29, 0.717) is 19.1 Å². The van der Waals surface area contributed by atoms with Crippen LogP contribution in [0.25, 0.3) is 0 Å². The molecule has 1 heterocycles. The average molecular weight is 281 g/mol. The Labute approximate surface area is 119 Å². The number of amides is 1. The molecule has 0 unspecified atom stereocenters. The molecule has 5 heteroatoms. The minimum atomic E-state index is -0.970. The van der Waals surface area contributed by atoms with Crippen LogP contribution in [0.2, 0.25) is 0 Å². The molecule has 0 bridgehead atoms. The molecule has 1 saturated heterocycles. The molecule has 112 valence electrons. The monoisotopic (exact) mass is 281 g/mol. The summed E-state index contributed by atoms with van der Waals surface area (Å²) in [5.41, 5.74) is 0.